The summed E-state index contributed by atoms with van der Waals surface area (Å²) in [5.41, 5.74) is 0. The molecule has 13 heavy (non-hydrogen) atoms. The van der Waals surface area contributed by atoms with Gasteiger partial charge in [0.05, 0.1) is 0 Å². The maximum atomic E-state index is 11.2. The van der Waals surface area contributed by atoms with E-state index in [1.807, 2.05) is 0 Å². The molecule has 68 valence electrons. The van der Waals surface area contributed by atoms with Crippen molar-refractivity contribution in [3.63, 3.8) is 0 Å². The van der Waals surface area contributed by atoms with Gasteiger partial charge in [-0.15, -0.1) is 0 Å². The first-order valence-corrected chi connectivity index (χ1v) is 7.88. The fourth-order valence-electron chi connectivity index (χ4n) is 0.688. The third-order valence-electron chi connectivity index (χ3n) is 1.31. The molecule has 0 aromatic heterocycles. The molecule has 0 unspecified atom stereocenters. The molecule has 7 heteroatoms. The monoisotopic (exact) mass is 518 g/mol. The van der Waals surface area contributed by atoms with Gasteiger partial charge in [-0.1, -0.05) is 0 Å². The summed E-state index contributed by atoms with van der Waals surface area (Å²) in [6.45, 7) is 0. The van der Waals surface area contributed by atoms with E-state index in [0.29, 0.717) is 4.47 Å². The van der Waals surface area contributed by atoms with Crippen LogP contribution in [0.25, 0.3) is 0 Å². The first-order chi connectivity index (χ1) is 5.97. The molecule has 0 aliphatic carbocycles. The van der Waals surface area contributed by atoms with Crippen molar-refractivity contribution in [1.82, 2.24) is 0 Å². The van der Waals surface area contributed by atoms with E-state index in [9.17, 15) is 8.42 Å². The van der Waals surface area contributed by atoms with Crippen LogP contribution in [0, 0.1) is 0 Å². The van der Waals surface area contributed by atoms with Crippen molar-refractivity contribution < 1.29 is 10.6 Å². The molecule has 0 atom stereocenters. The van der Waals surface area contributed by atoms with E-state index in [0.717, 1.165) is 4.47 Å². The summed E-state index contributed by atoms with van der Waals surface area (Å²) in [7, 11) is -3.51. The molecule has 0 fully saturated rings. The van der Waals surface area contributed by atoms with Crippen LogP contribution in [0.5, 0.6) is 0 Å². The van der Waals surface area contributed by atoms with Crippen LogP contribution in [-0.2, 0) is 12.3 Å². The molecule has 1 aromatic rings. The van der Waals surface area contributed by atoms with Gasteiger partial charge in [-0.3, -0.25) is 0 Å². The predicted molar refractivity (Wildman–Crippen MR) is 55.9 cm³/mol. The molecular formula is C6H3Br2O3STl. The second-order valence-corrected chi connectivity index (χ2v) is 7.65. The van der Waals surface area contributed by atoms with Gasteiger partial charge in [0.1, 0.15) is 0 Å². The molecule has 3 nitrogen and oxygen atoms in total. The molecule has 1 rings (SSSR count). The van der Waals surface area contributed by atoms with E-state index in [4.69, 9.17) is 0 Å². The van der Waals surface area contributed by atoms with Crippen molar-refractivity contribution in [1.29, 1.82) is 0 Å². The number of halogens is 2. The van der Waals surface area contributed by atoms with Crippen molar-refractivity contribution in [2.45, 2.75) is 4.90 Å². The molecular weight excluding hydrogens is 516 g/mol. The topological polar surface area (TPSA) is 43.4 Å². The summed E-state index contributed by atoms with van der Waals surface area (Å²) < 4.78 is 28.5. The van der Waals surface area contributed by atoms with Crippen LogP contribution in [0.3, 0.4) is 0 Å². The molecule has 0 amide bonds. The fourth-order valence-corrected chi connectivity index (χ4v) is 3.37. The van der Waals surface area contributed by atoms with Crippen LogP contribution in [0.15, 0.2) is 32.0 Å². The molecule has 0 heterocycles. The number of benzene rings is 1. The number of rotatable bonds is 2. The van der Waals surface area contributed by atoms with Crippen LogP contribution >= 0.6 is 31.9 Å². The zero-order valence-electron chi connectivity index (χ0n) is 6.20. The first-order valence-electron chi connectivity index (χ1n) is 3.06. The van der Waals surface area contributed by atoms with E-state index in [1.165, 1.54) is 12.1 Å². The Balaban J connectivity index is 3.27. The summed E-state index contributed by atoms with van der Waals surface area (Å²) in [4.78, 5) is 0.171. The van der Waals surface area contributed by atoms with Crippen LogP contribution in [0.1, 0.15) is 0 Å². The van der Waals surface area contributed by atoms with Crippen LogP contribution < -0.4 is 0 Å². The van der Waals surface area contributed by atoms with Crippen molar-refractivity contribution in [3.05, 3.63) is 27.1 Å². The summed E-state index contributed by atoms with van der Waals surface area (Å²) in [6, 6.07) is 4.65. The van der Waals surface area contributed by atoms with Gasteiger partial charge in [0, 0.05) is 0 Å². The van der Waals surface area contributed by atoms with E-state index in [1.54, 1.807) is 6.07 Å². The molecule has 0 bridgehead atoms. The van der Waals surface area contributed by atoms with Crippen molar-refractivity contribution in [2.24, 2.45) is 0 Å². The molecule has 0 saturated heterocycles. The maximum absolute atomic E-state index is 11.2. The molecule has 0 spiro atoms. The van der Waals surface area contributed by atoms with Crippen molar-refractivity contribution >= 4 is 68.2 Å². The molecule has 0 aliphatic heterocycles. The van der Waals surface area contributed by atoms with Crippen molar-refractivity contribution in [3.8, 4) is 0 Å². The summed E-state index contributed by atoms with van der Waals surface area (Å²) in [5.74, 6) is 0. The van der Waals surface area contributed by atoms with Crippen LogP contribution in [-0.4, -0.2) is 34.6 Å². The Labute approximate surface area is 110 Å². The molecule has 0 aliphatic rings. The average molecular weight is 519 g/mol. The molecule has 0 N–H and O–H groups in total. The summed E-state index contributed by atoms with van der Waals surface area (Å²) >= 11 is 6.43. The Hall–Kier alpha value is 1.01. The molecule has 0 saturated carbocycles. The second kappa shape index (κ2) is 4.69. The van der Waals surface area contributed by atoms with E-state index in [2.05, 4.69) is 34.0 Å². The van der Waals surface area contributed by atoms with Gasteiger partial charge >= 0.3 is 111 Å². The number of hydrogen-bond donors (Lipinski definition) is 0. The van der Waals surface area contributed by atoms with Gasteiger partial charge in [0.15, 0.2) is 0 Å². The van der Waals surface area contributed by atoms with E-state index < -0.39 is 10.1 Å². The third-order valence-corrected chi connectivity index (χ3v) is 7.23. The normalized spacial score (nSPS) is 11.5. The Bertz CT molecular complexity index is 418. The zero-order valence-corrected chi connectivity index (χ0v) is 14.7. The Morgan fingerprint density at radius 1 is 1.23 bits per heavy atom. The van der Waals surface area contributed by atoms with Gasteiger partial charge in [-0.05, 0) is 0 Å². The van der Waals surface area contributed by atoms with Gasteiger partial charge in [-0.25, -0.2) is 0 Å². The zero-order chi connectivity index (χ0) is 10.1. The summed E-state index contributed by atoms with van der Waals surface area (Å²) in [6.07, 6.45) is 0. The van der Waals surface area contributed by atoms with Gasteiger partial charge < -0.3 is 0 Å². The van der Waals surface area contributed by atoms with E-state index >= 15 is 0 Å². The second-order valence-electron chi connectivity index (χ2n) is 2.13. The minimum atomic E-state index is -3.51. The van der Waals surface area contributed by atoms with Gasteiger partial charge in [0.25, 0.3) is 0 Å². The minimum absolute atomic E-state index is 0.0302. The molecule has 0 radical (unpaired) electrons. The SMILES string of the molecule is O=S(=O)([O][Tl])c1ccc(Br)c(Br)c1. The number of hydrogen-bond acceptors (Lipinski definition) is 3. The Morgan fingerprint density at radius 2 is 1.85 bits per heavy atom. The quantitative estimate of drug-likeness (QED) is 0.562. The molecule has 1 aromatic carbocycles. The third kappa shape index (κ3) is 2.98. The standard InChI is InChI=1S/C6H4Br2O3S.Tl/c7-5-2-1-4(3-6(5)8)12(9,10)11;/h1-3H,(H,9,10,11);/q;+1/p-1. The van der Waals surface area contributed by atoms with Crippen LogP contribution in [0.2, 0.25) is 0 Å². The fraction of sp³-hybridized carbons (Fsp3) is 0. The van der Waals surface area contributed by atoms with Crippen molar-refractivity contribution in [2.75, 3.05) is 0 Å². The average Bonchev–Trinajstić information content (AvgIpc) is 2.09. The van der Waals surface area contributed by atoms with Gasteiger partial charge in [0.2, 0.25) is 0 Å². The van der Waals surface area contributed by atoms with E-state index in [-0.39, 0.29) is 31.1 Å². The summed E-state index contributed by atoms with van der Waals surface area (Å²) in [5, 5.41) is 0. The van der Waals surface area contributed by atoms with Gasteiger partial charge in [-0.2, -0.15) is 0 Å². The van der Waals surface area contributed by atoms with Crippen LogP contribution in [0.4, 0.5) is 0 Å². The Kier molecular flexibility index (Phi) is 4.36. The first kappa shape index (κ1) is 12.1. The Morgan fingerprint density at radius 3 is 2.31 bits per heavy atom. The predicted octanol–water partition coefficient (Wildman–Crippen LogP) is 2.00.